The number of benzene rings is 2. The molecule has 1 N–H and O–H groups in total. The largest absolute Gasteiger partial charge is 0.496 e. The molecule has 0 bridgehead atoms. The molecule has 27 heavy (non-hydrogen) atoms. The zero-order valence-electron chi connectivity index (χ0n) is 15.0. The molecule has 0 saturated carbocycles. The van der Waals surface area contributed by atoms with Crippen LogP contribution in [0.15, 0.2) is 36.4 Å². The van der Waals surface area contributed by atoms with Crippen molar-refractivity contribution >= 4 is 23.3 Å². The summed E-state index contributed by atoms with van der Waals surface area (Å²) in [6, 6.07) is 8.75. The fourth-order valence-electron chi connectivity index (χ4n) is 2.28. The highest BCUT2D eigenvalue weighted by Gasteiger charge is 2.17. The molecular formula is C18H18N2O7. The number of carbonyl (C=O) groups is 2. The van der Waals surface area contributed by atoms with Gasteiger partial charge in [0.2, 0.25) is 0 Å². The third kappa shape index (κ3) is 4.94. The highest BCUT2D eigenvalue weighted by Crippen LogP contribution is 2.28. The van der Waals surface area contributed by atoms with Gasteiger partial charge in [-0.2, -0.15) is 0 Å². The van der Waals surface area contributed by atoms with Crippen molar-refractivity contribution in [3.63, 3.8) is 0 Å². The van der Waals surface area contributed by atoms with Crippen LogP contribution < -0.4 is 14.8 Å². The molecule has 0 saturated heterocycles. The Morgan fingerprint density at radius 1 is 1.07 bits per heavy atom. The third-order valence-electron chi connectivity index (χ3n) is 3.58. The maximum Gasteiger partial charge on any atom is 0.342 e. The molecule has 1 amide bonds. The van der Waals surface area contributed by atoms with E-state index in [-0.39, 0.29) is 22.7 Å². The van der Waals surface area contributed by atoms with Crippen LogP contribution in [-0.4, -0.2) is 37.6 Å². The summed E-state index contributed by atoms with van der Waals surface area (Å²) in [6.07, 6.45) is 0. The van der Waals surface area contributed by atoms with Crippen molar-refractivity contribution in [1.29, 1.82) is 0 Å². The number of nitrogens with one attached hydrogen (secondary N) is 1. The van der Waals surface area contributed by atoms with E-state index in [1.165, 1.54) is 26.4 Å². The van der Waals surface area contributed by atoms with Crippen LogP contribution in [0.1, 0.15) is 15.9 Å². The number of nitro benzene ring substituents is 1. The molecule has 0 aliphatic rings. The molecule has 0 fully saturated rings. The van der Waals surface area contributed by atoms with Gasteiger partial charge in [-0.3, -0.25) is 14.9 Å². The SMILES string of the molecule is COc1ccc([N+](=O)[O-])cc1NC(=O)COC(=O)c1cc(C)ccc1OC. The molecule has 0 atom stereocenters. The van der Waals surface area contributed by atoms with E-state index in [9.17, 15) is 19.7 Å². The van der Waals surface area contributed by atoms with Gasteiger partial charge in [-0.25, -0.2) is 4.79 Å². The van der Waals surface area contributed by atoms with Crippen LogP contribution in [0.25, 0.3) is 0 Å². The predicted octanol–water partition coefficient (Wildman–Crippen LogP) is 2.72. The fourth-order valence-corrected chi connectivity index (χ4v) is 2.28. The van der Waals surface area contributed by atoms with E-state index in [0.29, 0.717) is 5.75 Å². The van der Waals surface area contributed by atoms with Crippen LogP contribution in [0.5, 0.6) is 11.5 Å². The van der Waals surface area contributed by atoms with E-state index < -0.39 is 23.4 Å². The maximum atomic E-state index is 12.2. The number of methoxy groups -OCH3 is 2. The maximum absolute atomic E-state index is 12.2. The second-order valence-electron chi connectivity index (χ2n) is 5.47. The fraction of sp³-hybridized carbons (Fsp3) is 0.222. The summed E-state index contributed by atoms with van der Waals surface area (Å²) in [5.41, 5.74) is 0.903. The molecule has 0 aliphatic heterocycles. The van der Waals surface area contributed by atoms with Gasteiger partial charge in [0.05, 0.1) is 24.8 Å². The minimum atomic E-state index is -0.725. The Hall–Kier alpha value is -3.62. The van der Waals surface area contributed by atoms with Gasteiger partial charge >= 0.3 is 5.97 Å². The molecule has 2 aromatic carbocycles. The van der Waals surface area contributed by atoms with E-state index in [1.807, 2.05) is 0 Å². The molecule has 0 aromatic heterocycles. The van der Waals surface area contributed by atoms with Crippen LogP contribution in [0, 0.1) is 17.0 Å². The van der Waals surface area contributed by atoms with Gasteiger partial charge in [0, 0.05) is 12.1 Å². The molecule has 2 aromatic rings. The molecule has 0 unspecified atom stereocenters. The molecule has 9 nitrogen and oxygen atoms in total. The highest BCUT2D eigenvalue weighted by atomic mass is 16.6. The smallest absolute Gasteiger partial charge is 0.342 e. The number of carbonyl (C=O) groups excluding carboxylic acids is 2. The number of nitro groups is 1. The van der Waals surface area contributed by atoms with Gasteiger partial charge < -0.3 is 19.5 Å². The number of anilines is 1. The lowest BCUT2D eigenvalue weighted by Crippen LogP contribution is -2.21. The number of ether oxygens (including phenoxy) is 3. The number of esters is 1. The average molecular weight is 374 g/mol. The molecule has 0 spiro atoms. The van der Waals surface area contributed by atoms with Crippen LogP contribution in [-0.2, 0) is 9.53 Å². The standard InChI is InChI=1S/C18H18N2O7/c1-11-4-6-15(25-2)13(8-11)18(22)27-10-17(21)19-14-9-12(20(23)24)5-7-16(14)26-3/h4-9H,10H2,1-3H3,(H,19,21). The lowest BCUT2D eigenvalue weighted by Gasteiger charge is -2.11. The highest BCUT2D eigenvalue weighted by molar-refractivity contribution is 5.97. The molecule has 2 rings (SSSR count). The normalized spacial score (nSPS) is 10.0. The Morgan fingerprint density at radius 2 is 1.74 bits per heavy atom. The van der Waals surface area contributed by atoms with Crippen molar-refractivity contribution in [3.8, 4) is 11.5 Å². The Kier molecular flexibility index (Phi) is 6.32. The van der Waals surface area contributed by atoms with E-state index in [1.54, 1.807) is 25.1 Å². The van der Waals surface area contributed by atoms with Crippen LogP contribution in [0.3, 0.4) is 0 Å². The summed E-state index contributed by atoms with van der Waals surface area (Å²) in [4.78, 5) is 34.5. The van der Waals surface area contributed by atoms with Gasteiger partial charge in [0.25, 0.3) is 11.6 Å². The second kappa shape index (κ2) is 8.65. The summed E-state index contributed by atoms with van der Waals surface area (Å²) >= 11 is 0. The second-order valence-corrected chi connectivity index (χ2v) is 5.47. The Bertz CT molecular complexity index is 880. The summed E-state index contributed by atoms with van der Waals surface area (Å²) in [7, 11) is 2.78. The van der Waals surface area contributed by atoms with Crippen LogP contribution in [0.4, 0.5) is 11.4 Å². The number of hydrogen-bond acceptors (Lipinski definition) is 7. The minimum Gasteiger partial charge on any atom is -0.496 e. The van der Waals surface area contributed by atoms with Crippen molar-refractivity contribution in [2.75, 3.05) is 26.1 Å². The molecule has 9 heteroatoms. The van der Waals surface area contributed by atoms with E-state index in [0.717, 1.165) is 11.6 Å². The first kappa shape index (κ1) is 19.7. The summed E-state index contributed by atoms with van der Waals surface area (Å²) in [5.74, 6) is -0.836. The molecule has 0 heterocycles. The number of rotatable bonds is 7. The molecular weight excluding hydrogens is 356 g/mol. The molecule has 0 aliphatic carbocycles. The first-order valence-electron chi connectivity index (χ1n) is 7.79. The Balaban J connectivity index is 2.07. The lowest BCUT2D eigenvalue weighted by atomic mass is 10.1. The van der Waals surface area contributed by atoms with E-state index in [2.05, 4.69) is 5.32 Å². The monoisotopic (exact) mass is 374 g/mol. The van der Waals surface area contributed by atoms with Gasteiger partial charge in [-0.05, 0) is 25.1 Å². The number of aryl methyl sites for hydroxylation is 1. The lowest BCUT2D eigenvalue weighted by molar-refractivity contribution is -0.384. The first-order chi connectivity index (χ1) is 12.8. The van der Waals surface area contributed by atoms with Gasteiger partial charge in [-0.1, -0.05) is 11.6 Å². The van der Waals surface area contributed by atoms with Gasteiger partial charge in [0.1, 0.15) is 17.1 Å². The van der Waals surface area contributed by atoms with Crippen molar-refractivity contribution < 1.29 is 28.7 Å². The summed E-state index contributed by atoms with van der Waals surface area (Å²) in [6.45, 7) is 1.22. The minimum absolute atomic E-state index is 0.0980. The van der Waals surface area contributed by atoms with Gasteiger partial charge in [-0.15, -0.1) is 0 Å². The third-order valence-corrected chi connectivity index (χ3v) is 3.58. The number of hydrogen-bond donors (Lipinski definition) is 1. The van der Waals surface area contributed by atoms with Crippen molar-refractivity contribution in [1.82, 2.24) is 0 Å². The Labute approximate surface area is 155 Å². The summed E-state index contributed by atoms with van der Waals surface area (Å²) < 4.78 is 15.2. The molecule has 0 radical (unpaired) electrons. The van der Waals surface area contributed by atoms with Crippen molar-refractivity contribution in [2.45, 2.75) is 6.92 Å². The number of amides is 1. The van der Waals surface area contributed by atoms with E-state index >= 15 is 0 Å². The first-order valence-corrected chi connectivity index (χ1v) is 7.79. The number of nitrogens with zero attached hydrogens (tertiary/aromatic N) is 1. The molecule has 142 valence electrons. The van der Waals surface area contributed by atoms with Crippen LogP contribution >= 0.6 is 0 Å². The Morgan fingerprint density at radius 3 is 2.37 bits per heavy atom. The van der Waals surface area contributed by atoms with Crippen LogP contribution in [0.2, 0.25) is 0 Å². The zero-order valence-corrected chi connectivity index (χ0v) is 15.0. The summed E-state index contributed by atoms with van der Waals surface area (Å²) in [5, 5.41) is 13.3. The van der Waals surface area contributed by atoms with E-state index in [4.69, 9.17) is 14.2 Å². The average Bonchev–Trinajstić information content (AvgIpc) is 2.65. The predicted molar refractivity (Wildman–Crippen MR) is 96.3 cm³/mol. The number of non-ortho nitro benzene ring substituents is 1. The van der Waals surface area contributed by atoms with Crippen molar-refractivity contribution in [3.05, 3.63) is 57.6 Å². The van der Waals surface area contributed by atoms with Crippen molar-refractivity contribution in [2.24, 2.45) is 0 Å². The zero-order chi connectivity index (χ0) is 20.0. The van der Waals surface area contributed by atoms with Gasteiger partial charge in [0.15, 0.2) is 6.61 Å². The topological polar surface area (TPSA) is 117 Å². The quantitative estimate of drug-likeness (QED) is 0.450.